The summed E-state index contributed by atoms with van der Waals surface area (Å²) in [5.41, 5.74) is 2.30. The van der Waals surface area contributed by atoms with Gasteiger partial charge in [0.05, 0.1) is 10.0 Å². The molecule has 6 heteroatoms. The van der Waals surface area contributed by atoms with E-state index in [4.69, 9.17) is 27.9 Å². The summed E-state index contributed by atoms with van der Waals surface area (Å²) in [5, 5.41) is 1.10. The molecule has 1 fully saturated rings. The maximum atomic E-state index is 12.1. The van der Waals surface area contributed by atoms with E-state index in [2.05, 4.69) is 17.0 Å². The summed E-state index contributed by atoms with van der Waals surface area (Å²) in [6.45, 7) is 5.55. The van der Waals surface area contributed by atoms with E-state index in [9.17, 15) is 4.79 Å². The van der Waals surface area contributed by atoms with E-state index >= 15 is 0 Å². The first-order valence-electron chi connectivity index (χ1n) is 9.21. The molecule has 0 radical (unpaired) electrons. The van der Waals surface area contributed by atoms with Crippen LogP contribution in [0.3, 0.4) is 0 Å². The van der Waals surface area contributed by atoms with Crippen molar-refractivity contribution in [2.24, 2.45) is 0 Å². The number of benzene rings is 2. The van der Waals surface area contributed by atoms with Crippen LogP contribution in [0.1, 0.15) is 24.5 Å². The van der Waals surface area contributed by atoms with Crippen molar-refractivity contribution in [3.05, 3.63) is 69.7 Å². The molecule has 0 saturated carbocycles. The van der Waals surface area contributed by atoms with Gasteiger partial charge in [-0.05, 0) is 30.2 Å². The van der Waals surface area contributed by atoms with E-state index in [1.165, 1.54) is 5.56 Å². The Bertz CT molecular complexity index is 770. The van der Waals surface area contributed by atoms with Crippen molar-refractivity contribution in [3.63, 3.8) is 0 Å². The lowest BCUT2D eigenvalue weighted by molar-refractivity contribution is 0.00722. The molecule has 0 bridgehead atoms. The molecule has 2 aromatic rings. The lowest BCUT2D eigenvalue weighted by Gasteiger charge is -2.34. The van der Waals surface area contributed by atoms with Crippen LogP contribution in [0, 0.1) is 0 Å². The van der Waals surface area contributed by atoms with E-state index in [1.54, 1.807) is 4.90 Å². The molecule has 1 saturated heterocycles. The van der Waals surface area contributed by atoms with Gasteiger partial charge in [0.25, 0.3) is 0 Å². The zero-order valence-electron chi connectivity index (χ0n) is 15.4. The predicted octanol–water partition coefficient (Wildman–Crippen LogP) is 5.23. The number of amides is 1. The maximum Gasteiger partial charge on any atom is 0.410 e. The van der Waals surface area contributed by atoms with Gasteiger partial charge in [0.1, 0.15) is 6.10 Å². The molecular formula is C21H24Cl2N2O2. The number of nitrogens with zero attached hydrogens (tertiary/aromatic N) is 2. The summed E-state index contributed by atoms with van der Waals surface area (Å²) in [7, 11) is 0. The first-order valence-corrected chi connectivity index (χ1v) is 9.96. The molecule has 0 aromatic heterocycles. The quantitative estimate of drug-likeness (QED) is 0.631. The van der Waals surface area contributed by atoms with Crippen LogP contribution in [0.15, 0.2) is 48.5 Å². The average molecular weight is 407 g/mol. The highest BCUT2D eigenvalue weighted by molar-refractivity contribution is 6.42. The molecule has 1 aliphatic heterocycles. The Balaban J connectivity index is 1.71. The van der Waals surface area contributed by atoms with Gasteiger partial charge in [-0.25, -0.2) is 4.79 Å². The number of halogens is 2. The zero-order valence-corrected chi connectivity index (χ0v) is 16.9. The third-order valence-corrected chi connectivity index (χ3v) is 5.47. The Labute approximate surface area is 170 Å². The van der Waals surface area contributed by atoms with Crippen LogP contribution in [0.25, 0.3) is 0 Å². The summed E-state index contributed by atoms with van der Waals surface area (Å²) < 4.78 is 5.64. The number of hydrogen-bond donors (Lipinski definition) is 0. The number of ether oxygens (including phenoxy) is 1. The minimum atomic E-state index is -0.219. The third kappa shape index (κ3) is 5.61. The van der Waals surface area contributed by atoms with Crippen molar-refractivity contribution in [2.75, 3.05) is 19.6 Å². The van der Waals surface area contributed by atoms with E-state index in [0.29, 0.717) is 29.7 Å². The molecule has 1 unspecified atom stereocenters. The summed E-state index contributed by atoms with van der Waals surface area (Å²) in [5.74, 6) is 0. The van der Waals surface area contributed by atoms with Gasteiger partial charge >= 0.3 is 6.09 Å². The Morgan fingerprint density at radius 3 is 2.48 bits per heavy atom. The highest BCUT2D eigenvalue weighted by Gasteiger charge is 2.27. The molecule has 1 heterocycles. The van der Waals surface area contributed by atoms with Gasteiger partial charge in [-0.3, -0.25) is 4.90 Å². The molecule has 4 nitrogen and oxygen atoms in total. The summed E-state index contributed by atoms with van der Waals surface area (Å²) >= 11 is 12.2. The first kappa shape index (κ1) is 20.0. The van der Waals surface area contributed by atoms with Crippen LogP contribution in [0.4, 0.5) is 4.79 Å². The normalized spacial score (nSPS) is 17.3. The van der Waals surface area contributed by atoms with Gasteiger partial charge in [0, 0.05) is 39.1 Å². The van der Waals surface area contributed by atoms with Crippen LogP contribution >= 0.6 is 23.2 Å². The molecule has 1 amide bonds. The van der Waals surface area contributed by atoms with Crippen LogP contribution in [0.5, 0.6) is 0 Å². The van der Waals surface area contributed by atoms with Gasteiger partial charge < -0.3 is 9.64 Å². The Kier molecular flexibility index (Phi) is 7.00. The highest BCUT2D eigenvalue weighted by Crippen LogP contribution is 2.24. The molecule has 2 aromatic carbocycles. The van der Waals surface area contributed by atoms with Crippen molar-refractivity contribution in [1.29, 1.82) is 0 Å². The monoisotopic (exact) mass is 406 g/mol. The van der Waals surface area contributed by atoms with Gasteiger partial charge in [-0.15, -0.1) is 0 Å². The molecule has 1 aliphatic rings. The summed E-state index contributed by atoms with van der Waals surface area (Å²) in [6.07, 6.45) is 0.515. The topological polar surface area (TPSA) is 32.8 Å². The smallest absolute Gasteiger partial charge is 0.410 e. The van der Waals surface area contributed by atoms with Gasteiger partial charge in [0.2, 0.25) is 0 Å². The number of carbonyl (C=O) groups excluding carboxylic acids is 1. The minimum Gasteiger partial charge on any atom is -0.445 e. The third-order valence-electron chi connectivity index (χ3n) is 4.73. The maximum absolute atomic E-state index is 12.1. The second kappa shape index (κ2) is 9.45. The van der Waals surface area contributed by atoms with Gasteiger partial charge in [0.15, 0.2) is 0 Å². The Morgan fingerprint density at radius 2 is 1.81 bits per heavy atom. The minimum absolute atomic E-state index is 0.105. The van der Waals surface area contributed by atoms with Crippen molar-refractivity contribution in [1.82, 2.24) is 9.80 Å². The van der Waals surface area contributed by atoms with E-state index in [-0.39, 0.29) is 12.2 Å². The Morgan fingerprint density at radius 1 is 1.07 bits per heavy atom. The predicted molar refractivity (Wildman–Crippen MR) is 109 cm³/mol. The van der Waals surface area contributed by atoms with Crippen molar-refractivity contribution in [3.8, 4) is 0 Å². The van der Waals surface area contributed by atoms with Gasteiger partial charge in [-0.2, -0.15) is 0 Å². The number of cyclic esters (lactones) is 1. The van der Waals surface area contributed by atoms with E-state index < -0.39 is 0 Å². The summed E-state index contributed by atoms with van der Waals surface area (Å²) in [6, 6.07) is 16.0. The first-order chi connectivity index (χ1) is 13.0. The van der Waals surface area contributed by atoms with Crippen molar-refractivity contribution < 1.29 is 9.53 Å². The molecule has 0 spiro atoms. The standard InChI is InChI=1S/C21H24Cl2N2O2/c1-2-25-11-10-18(27-21(25)26)15-24(13-16-6-4-3-5-7-16)14-17-8-9-19(22)20(23)12-17/h3-9,12,18H,2,10-11,13-15H2,1H3. The molecule has 3 rings (SSSR count). The average Bonchev–Trinajstić information content (AvgIpc) is 2.66. The van der Waals surface area contributed by atoms with Gasteiger partial charge in [-0.1, -0.05) is 59.6 Å². The molecule has 0 aliphatic carbocycles. The second-order valence-electron chi connectivity index (χ2n) is 6.78. The van der Waals surface area contributed by atoms with Crippen LogP contribution < -0.4 is 0 Å². The fourth-order valence-corrected chi connectivity index (χ4v) is 3.61. The molecule has 0 N–H and O–H groups in total. The number of rotatable bonds is 7. The molecule has 27 heavy (non-hydrogen) atoms. The van der Waals surface area contributed by atoms with E-state index in [1.807, 2.05) is 43.3 Å². The molecule has 1 atom stereocenters. The SMILES string of the molecule is CCN1CCC(CN(Cc2ccccc2)Cc2ccc(Cl)c(Cl)c2)OC1=O. The summed E-state index contributed by atoms with van der Waals surface area (Å²) in [4.78, 5) is 16.1. The van der Waals surface area contributed by atoms with Crippen LogP contribution in [0.2, 0.25) is 10.0 Å². The highest BCUT2D eigenvalue weighted by atomic mass is 35.5. The lowest BCUT2D eigenvalue weighted by atomic mass is 10.1. The fourth-order valence-electron chi connectivity index (χ4n) is 3.29. The fraction of sp³-hybridized carbons (Fsp3) is 0.381. The largest absolute Gasteiger partial charge is 0.445 e. The zero-order chi connectivity index (χ0) is 19.2. The van der Waals surface area contributed by atoms with Crippen LogP contribution in [-0.4, -0.2) is 41.6 Å². The number of carbonyl (C=O) groups is 1. The molecular weight excluding hydrogens is 383 g/mol. The van der Waals surface area contributed by atoms with Crippen LogP contribution in [-0.2, 0) is 17.8 Å². The lowest BCUT2D eigenvalue weighted by Crippen LogP contribution is -2.45. The second-order valence-corrected chi connectivity index (χ2v) is 7.59. The number of hydrogen-bond acceptors (Lipinski definition) is 3. The van der Waals surface area contributed by atoms with Crippen molar-refractivity contribution >= 4 is 29.3 Å². The van der Waals surface area contributed by atoms with Crippen molar-refractivity contribution in [2.45, 2.75) is 32.5 Å². The van der Waals surface area contributed by atoms with E-state index in [0.717, 1.165) is 25.1 Å². The Hall–Kier alpha value is -1.75. The molecule has 144 valence electrons.